The maximum absolute atomic E-state index is 6.40. The quantitative estimate of drug-likeness (QED) is 0.147. The Hall–Kier alpha value is -4.03. The molecule has 1 heterocycles. The van der Waals surface area contributed by atoms with Gasteiger partial charge in [0.15, 0.2) is 5.54 Å². The number of nitrogens with zero attached hydrogens (tertiary/aromatic N) is 4. The fourth-order valence-corrected chi connectivity index (χ4v) is 5.35. The third kappa shape index (κ3) is 5.43. The molecule has 5 rings (SSSR count). The molecular weight excluding hydrogens is 479 g/mol. The van der Waals surface area contributed by atoms with Crippen molar-refractivity contribution in [2.75, 3.05) is 0 Å². The van der Waals surface area contributed by atoms with Crippen molar-refractivity contribution in [1.82, 2.24) is 20.2 Å². The maximum atomic E-state index is 6.40. The zero-order valence-corrected chi connectivity index (χ0v) is 22.9. The number of hydrogen-bond acceptors (Lipinski definition) is 4. The Kier molecular flexibility index (Phi) is 8.33. The van der Waals surface area contributed by atoms with Gasteiger partial charge in [0, 0.05) is 11.7 Å². The number of unbranched alkanes of at least 4 members (excludes halogenated alkanes) is 1. The van der Waals surface area contributed by atoms with Crippen molar-refractivity contribution in [3.8, 4) is 11.4 Å². The van der Waals surface area contributed by atoms with E-state index in [1.165, 1.54) is 0 Å². The number of rotatable bonds is 11. The third-order valence-electron chi connectivity index (χ3n) is 7.09. The van der Waals surface area contributed by atoms with E-state index in [0.717, 1.165) is 46.9 Å². The van der Waals surface area contributed by atoms with Crippen molar-refractivity contribution in [1.29, 1.82) is 0 Å². The van der Waals surface area contributed by atoms with Crippen molar-refractivity contribution in [3.63, 3.8) is 0 Å². The van der Waals surface area contributed by atoms with Crippen molar-refractivity contribution in [2.24, 2.45) is 0 Å². The highest BCUT2D eigenvalue weighted by atomic mass is 16.4. The van der Waals surface area contributed by atoms with Gasteiger partial charge >= 0.3 is 6.92 Å². The van der Waals surface area contributed by atoms with Crippen LogP contribution >= 0.6 is 0 Å². The lowest BCUT2D eigenvalue weighted by Crippen LogP contribution is -2.39. The predicted octanol–water partition coefficient (Wildman–Crippen LogP) is 6.60. The minimum Gasteiger partial charge on any atom is -0.429 e. The lowest BCUT2D eigenvalue weighted by Gasteiger charge is -2.34. The second-order valence-corrected chi connectivity index (χ2v) is 10.1. The van der Waals surface area contributed by atoms with Crippen molar-refractivity contribution >= 4 is 12.4 Å². The first kappa shape index (κ1) is 26.6. The molecule has 1 aromatic heterocycles. The molecule has 196 valence electrons. The summed E-state index contributed by atoms with van der Waals surface area (Å²) in [4.78, 5) is 1.78. The van der Waals surface area contributed by atoms with E-state index in [0.29, 0.717) is 5.82 Å². The number of tetrazole rings is 1. The third-order valence-corrected chi connectivity index (χ3v) is 7.09. The number of aromatic nitrogens is 4. The standard InChI is InChI=1S/C33H35BN4O/c1-4-5-25-34(39-26(2)3)31-24-16-15-23-30(31)32-35-37-38(36-32)33(27-17-9-6-10-18-27,28-19-11-7-12-20-28)29-21-13-8-14-22-29/h6-24,26H,4-5,25H2,1-3H3. The van der Waals surface area contributed by atoms with Gasteiger partial charge < -0.3 is 4.65 Å². The summed E-state index contributed by atoms with van der Waals surface area (Å²) in [5.74, 6) is 0.589. The van der Waals surface area contributed by atoms with Crippen LogP contribution in [0.4, 0.5) is 0 Å². The van der Waals surface area contributed by atoms with E-state index in [2.05, 4.69) is 117 Å². The Morgan fingerprint density at radius 2 is 1.26 bits per heavy atom. The molecule has 0 aliphatic rings. The Labute approximate surface area is 232 Å². The minimum atomic E-state index is -0.806. The summed E-state index contributed by atoms with van der Waals surface area (Å²) in [5, 5.41) is 14.5. The van der Waals surface area contributed by atoms with Crippen LogP contribution < -0.4 is 5.46 Å². The fourth-order valence-electron chi connectivity index (χ4n) is 5.35. The minimum absolute atomic E-state index is 0.0322. The van der Waals surface area contributed by atoms with Gasteiger partial charge in [-0.05, 0) is 47.5 Å². The first-order chi connectivity index (χ1) is 19.1. The van der Waals surface area contributed by atoms with Crippen molar-refractivity contribution < 1.29 is 4.65 Å². The van der Waals surface area contributed by atoms with Gasteiger partial charge in [-0.1, -0.05) is 135 Å². The molecule has 0 atom stereocenters. The Morgan fingerprint density at radius 1 is 0.744 bits per heavy atom. The Balaban J connectivity index is 1.70. The fraction of sp³-hybridized carbons (Fsp3) is 0.242. The van der Waals surface area contributed by atoms with Gasteiger partial charge in [-0.2, -0.15) is 0 Å². The predicted molar refractivity (Wildman–Crippen MR) is 159 cm³/mol. The van der Waals surface area contributed by atoms with Gasteiger partial charge in [0.2, 0.25) is 5.82 Å². The van der Waals surface area contributed by atoms with Crippen molar-refractivity contribution in [3.05, 3.63) is 132 Å². The summed E-state index contributed by atoms with van der Waals surface area (Å²) in [7, 11) is 0. The molecule has 0 fully saturated rings. The molecule has 0 aliphatic carbocycles. The number of benzene rings is 4. The van der Waals surface area contributed by atoms with E-state index in [9.17, 15) is 0 Å². The molecule has 0 bridgehead atoms. The van der Waals surface area contributed by atoms with Crippen LogP contribution in [0, 0.1) is 0 Å². The van der Waals surface area contributed by atoms with Gasteiger partial charge in [0.1, 0.15) is 0 Å². The largest absolute Gasteiger partial charge is 0.429 e. The van der Waals surface area contributed by atoms with Crippen LogP contribution in [0.3, 0.4) is 0 Å². The molecule has 0 saturated carbocycles. The molecule has 0 unspecified atom stereocenters. The normalized spacial score (nSPS) is 11.6. The zero-order chi connectivity index (χ0) is 27.1. The molecule has 0 spiro atoms. The van der Waals surface area contributed by atoms with Crippen LogP contribution in [0.15, 0.2) is 115 Å². The molecule has 5 nitrogen and oxygen atoms in total. The molecule has 0 saturated heterocycles. The molecule has 4 aromatic carbocycles. The van der Waals surface area contributed by atoms with Crippen LogP contribution in [-0.4, -0.2) is 33.2 Å². The van der Waals surface area contributed by atoms with E-state index < -0.39 is 5.54 Å². The van der Waals surface area contributed by atoms with Crippen LogP contribution in [0.25, 0.3) is 11.4 Å². The molecule has 6 heteroatoms. The average molecular weight is 514 g/mol. The lowest BCUT2D eigenvalue weighted by atomic mass is 9.55. The van der Waals surface area contributed by atoms with Gasteiger partial charge in [-0.3, -0.25) is 0 Å². The highest BCUT2D eigenvalue weighted by molar-refractivity contribution is 6.68. The average Bonchev–Trinajstić information content (AvgIpc) is 3.48. The summed E-state index contributed by atoms with van der Waals surface area (Å²) < 4.78 is 6.40. The molecule has 0 radical (unpaired) electrons. The first-order valence-corrected chi connectivity index (χ1v) is 13.9. The number of hydrogen-bond donors (Lipinski definition) is 0. The zero-order valence-electron chi connectivity index (χ0n) is 22.9. The van der Waals surface area contributed by atoms with E-state index in [1.54, 1.807) is 4.80 Å². The summed E-state index contributed by atoms with van der Waals surface area (Å²) in [6.07, 6.45) is 3.26. The molecular formula is C33H35BN4O. The maximum Gasteiger partial charge on any atom is 0.327 e. The highest BCUT2D eigenvalue weighted by Gasteiger charge is 2.41. The smallest absolute Gasteiger partial charge is 0.327 e. The Morgan fingerprint density at radius 3 is 1.77 bits per heavy atom. The SMILES string of the molecule is CCCCB(OC(C)C)c1ccccc1-c1nnn(C(c2ccccc2)(c2ccccc2)c2ccccc2)n1. The van der Waals surface area contributed by atoms with Gasteiger partial charge in [0.05, 0.1) is 0 Å². The van der Waals surface area contributed by atoms with E-state index in [1.807, 2.05) is 24.3 Å². The Bertz CT molecular complexity index is 1360. The van der Waals surface area contributed by atoms with Crippen LogP contribution in [0.2, 0.25) is 6.32 Å². The van der Waals surface area contributed by atoms with E-state index in [-0.39, 0.29) is 13.0 Å². The van der Waals surface area contributed by atoms with E-state index in [4.69, 9.17) is 15.0 Å². The second kappa shape index (κ2) is 12.2. The molecule has 5 aromatic rings. The summed E-state index contributed by atoms with van der Waals surface area (Å²) in [5.41, 5.74) is 4.42. The van der Waals surface area contributed by atoms with Crippen molar-refractivity contribution in [2.45, 2.75) is 51.6 Å². The first-order valence-electron chi connectivity index (χ1n) is 13.9. The summed E-state index contributed by atoms with van der Waals surface area (Å²) in [6, 6.07) is 39.6. The lowest BCUT2D eigenvalue weighted by molar-refractivity contribution is 0.247. The molecule has 0 aliphatic heterocycles. The van der Waals surface area contributed by atoms with Gasteiger partial charge in [-0.25, -0.2) is 0 Å². The van der Waals surface area contributed by atoms with Crippen LogP contribution in [0.1, 0.15) is 50.3 Å². The summed E-state index contributed by atoms with van der Waals surface area (Å²) >= 11 is 0. The molecule has 0 N–H and O–H groups in total. The van der Waals surface area contributed by atoms with E-state index >= 15 is 0 Å². The van der Waals surface area contributed by atoms with Crippen LogP contribution in [0.5, 0.6) is 0 Å². The second-order valence-electron chi connectivity index (χ2n) is 10.1. The molecule has 0 amide bonds. The van der Waals surface area contributed by atoms with Gasteiger partial charge in [0.25, 0.3) is 0 Å². The highest BCUT2D eigenvalue weighted by Crippen LogP contribution is 2.39. The monoisotopic (exact) mass is 514 g/mol. The van der Waals surface area contributed by atoms with Gasteiger partial charge in [-0.15, -0.1) is 15.0 Å². The topological polar surface area (TPSA) is 52.8 Å². The van der Waals surface area contributed by atoms with Crippen LogP contribution in [-0.2, 0) is 10.2 Å². The molecule has 39 heavy (non-hydrogen) atoms. The summed E-state index contributed by atoms with van der Waals surface area (Å²) in [6.45, 7) is 6.35.